The smallest absolute Gasteiger partial charge is 0.306 e. The first-order chi connectivity index (χ1) is 17.3. The summed E-state index contributed by atoms with van der Waals surface area (Å²) in [6.45, 7) is 1.09. The summed E-state index contributed by atoms with van der Waals surface area (Å²) in [7, 11) is 1.30. The van der Waals surface area contributed by atoms with E-state index in [-0.39, 0.29) is 30.0 Å². The number of nitrogens with zero attached hydrogens (tertiary/aromatic N) is 2. The number of pyridine rings is 1. The highest BCUT2D eigenvalue weighted by atomic mass is 19.2. The molecule has 0 N–H and O–H groups in total. The molecule has 0 aliphatic rings. The molecule has 0 spiro atoms. The summed E-state index contributed by atoms with van der Waals surface area (Å²) in [4.78, 5) is 29.8. The molecule has 2 aromatic heterocycles. The second kappa shape index (κ2) is 10.6. The van der Waals surface area contributed by atoms with Gasteiger partial charge in [-0.3, -0.25) is 14.0 Å². The number of fused-ring (bicyclic) bond motifs is 1. The number of hydrogen-bond donors (Lipinski definition) is 0. The number of ether oxygens (including phenoxy) is 2. The van der Waals surface area contributed by atoms with E-state index in [0.717, 1.165) is 11.6 Å². The Balaban J connectivity index is 1.63. The number of ketones is 1. The van der Waals surface area contributed by atoms with Crippen LogP contribution in [-0.4, -0.2) is 28.2 Å². The average Bonchev–Trinajstić information content (AvgIpc) is 3.22. The van der Waals surface area contributed by atoms with Crippen LogP contribution < -0.4 is 4.74 Å². The van der Waals surface area contributed by atoms with Crippen LogP contribution in [0.15, 0.2) is 60.8 Å². The van der Waals surface area contributed by atoms with Crippen LogP contribution in [0.5, 0.6) is 5.75 Å². The first-order valence-electron chi connectivity index (χ1n) is 11.2. The number of hydrogen-bond acceptors (Lipinski definition) is 5. The summed E-state index contributed by atoms with van der Waals surface area (Å²) in [5.74, 6) is -4.37. The topological polar surface area (TPSA) is 69.9 Å². The van der Waals surface area contributed by atoms with Crippen molar-refractivity contribution in [3.05, 3.63) is 101 Å². The van der Waals surface area contributed by atoms with Gasteiger partial charge in [0.25, 0.3) is 0 Å². The fourth-order valence-corrected chi connectivity index (χ4v) is 4.09. The summed E-state index contributed by atoms with van der Waals surface area (Å²) in [6, 6.07) is 13.9. The summed E-state index contributed by atoms with van der Waals surface area (Å²) in [6.07, 6.45) is 1.68. The Hall–Kier alpha value is -4.14. The minimum atomic E-state index is -1.32. The van der Waals surface area contributed by atoms with Gasteiger partial charge in [-0.25, -0.2) is 18.2 Å². The van der Waals surface area contributed by atoms with Crippen molar-refractivity contribution in [2.45, 2.75) is 32.3 Å². The molecule has 0 aliphatic carbocycles. The van der Waals surface area contributed by atoms with Crippen molar-refractivity contribution in [1.29, 1.82) is 0 Å². The van der Waals surface area contributed by atoms with Crippen LogP contribution >= 0.6 is 0 Å². The number of aromatic nitrogens is 2. The lowest BCUT2D eigenvalue weighted by molar-refractivity contribution is -0.141. The van der Waals surface area contributed by atoms with E-state index in [0.29, 0.717) is 17.5 Å². The largest absolute Gasteiger partial charge is 0.485 e. The van der Waals surface area contributed by atoms with E-state index in [1.165, 1.54) is 17.6 Å². The second-order valence-corrected chi connectivity index (χ2v) is 8.24. The van der Waals surface area contributed by atoms with Crippen molar-refractivity contribution in [3.63, 3.8) is 0 Å². The van der Waals surface area contributed by atoms with Gasteiger partial charge in [-0.05, 0) is 36.8 Å². The van der Waals surface area contributed by atoms with Crippen molar-refractivity contribution < 1.29 is 32.2 Å². The van der Waals surface area contributed by atoms with E-state index in [1.807, 2.05) is 30.3 Å². The van der Waals surface area contributed by atoms with Gasteiger partial charge in [-0.15, -0.1) is 0 Å². The molecular weight excluding hydrogens is 473 g/mol. The van der Waals surface area contributed by atoms with E-state index in [9.17, 15) is 22.8 Å². The molecule has 0 saturated carbocycles. The maximum absolute atomic E-state index is 14.0. The molecule has 6 nitrogen and oxygen atoms in total. The lowest BCUT2D eigenvalue weighted by Gasteiger charge is -2.16. The van der Waals surface area contributed by atoms with Gasteiger partial charge in [0.2, 0.25) is 0 Å². The number of esters is 1. The number of halogens is 3. The van der Waals surface area contributed by atoms with Gasteiger partial charge in [0.05, 0.1) is 24.8 Å². The van der Waals surface area contributed by atoms with E-state index < -0.39 is 41.5 Å². The van der Waals surface area contributed by atoms with Gasteiger partial charge in [0, 0.05) is 18.5 Å². The molecule has 2 aromatic carbocycles. The van der Waals surface area contributed by atoms with Crippen molar-refractivity contribution in [2.24, 2.45) is 0 Å². The highest BCUT2D eigenvalue weighted by molar-refractivity contribution is 5.97. The summed E-state index contributed by atoms with van der Waals surface area (Å²) < 4.78 is 53.5. The Bertz CT molecular complexity index is 1420. The zero-order valence-electron chi connectivity index (χ0n) is 19.6. The Morgan fingerprint density at radius 3 is 2.42 bits per heavy atom. The van der Waals surface area contributed by atoms with Gasteiger partial charge >= 0.3 is 5.97 Å². The van der Waals surface area contributed by atoms with Crippen LogP contribution in [0, 0.1) is 24.4 Å². The highest BCUT2D eigenvalue weighted by Crippen LogP contribution is 2.29. The molecule has 0 bridgehead atoms. The maximum atomic E-state index is 14.0. The second-order valence-electron chi connectivity index (χ2n) is 8.24. The monoisotopic (exact) mass is 496 g/mol. The Kier molecular flexibility index (Phi) is 7.38. The molecule has 4 aromatic rings. The standard InChI is InChI=1S/C27H23F3N2O4/c1-16-26(22(33)13-18(14-24(34)35-2)17-7-4-3-5-8-17)32-12-6-9-23(27(32)31-16)36-15-19-20(28)10-11-21(29)25(19)30/h3-12,18H,13-15H2,1-2H3/t18-/m0/s1. The van der Waals surface area contributed by atoms with Crippen molar-refractivity contribution in [3.8, 4) is 5.75 Å². The molecule has 4 rings (SSSR count). The SMILES string of the molecule is COC(=O)C[C@H](CC(=O)c1c(C)nc2c(OCc3c(F)ccc(F)c3F)cccn12)c1ccccc1. The van der Waals surface area contributed by atoms with E-state index >= 15 is 0 Å². The maximum Gasteiger partial charge on any atom is 0.306 e. The number of imidazole rings is 1. The minimum Gasteiger partial charge on any atom is -0.485 e. The molecule has 0 fully saturated rings. The lowest BCUT2D eigenvalue weighted by Crippen LogP contribution is -2.15. The van der Waals surface area contributed by atoms with Crippen molar-refractivity contribution in [1.82, 2.24) is 9.38 Å². The van der Waals surface area contributed by atoms with Crippen LogP contribution in [0.4, 0.5) is 13.2 Å². The molecule has 1 atom stereocenters. The quantitative estimate of drug-likeness (QED) is 0.172. The Morgan fingerprint density at radius 2 is 1.69 bits per heavy atom. The van der Waals surface area contributed by atoms with Gasteiger partial charge in [-0.1, -0.05) is 30.3 Å². The third-order valence-electron chi connectivity index (χ3n) is 5.91. The zero-order valence-corrected chi connectivity index (χ0v) is 19.6. The van der Waals surface area contributed by atoms with Gasteiger partial charge < -0.3 is 9.47 Å². The van der Waals surface area contributed by atoms with Crippen molar-refractivity contribution >= 4 is 17.4 Å². The zero-order chi connectivity index (χ0) is 25.8. The third kappa shape index (κ3) is 5.10. The van der Waals surface area contributed by atoms with Crippen LogP contribution in [-0.2, 0) is 16.1 Å². The fraction of sp³-hybridized carbons (Fsp3) is 0.222. The van der Waals surface area contributed by atoms with E-state index in [2.05, 4.69) is 4.98 Å². The molecular formula is C27H23F3N2O4. The predicted octanol–water partition coefficient (Wildman–Crippen LogP) is 5.56. The van der Waals surface area contributed by atoms with Gasteiger partial charge in [0.15, 0.2) is 28.8 Å². The van der Waals surface area contributed by atoms with E-state index in [4.69, 9.17) is 9.47 Å². The molecule has 0 radical (unpaired) electrons. The first kappa shape index (κ1) is 25.0. The van der Waals surface area contributed by atoms with Crippen LogP contribution in [0.25, 0.3) is 5.65 Å². The van der Waals surface area contributed by atoms with Crippen LogP contribution in [0.2, 0.25) is 0 Å². The molecule has 36 heavy (non-hydrogen) atoms. The molecule has 0 unspecified atom stereocenters. The molecule has 2 heterocycles. The lowest BCUT2D eigenvalue weighted by atomic mass is 9.90. The molecule has 0 amide bonds. The number of methoxy groups -OCH3 is 1. The van der Waals surface area contributed by atoms with Crippen LogP contribution in [0.1, 0.15) is 46.1 Å². The Labute approximate surface area is 205 Å². The third-order valence-corrected chi connectivity index (χ3v) is 5.91. The average molecular weight is 496 g/mol. The number of carbonyl (C=O) groups excluding carboxylic acids is 2. The number of rotatable bonds is 9. The molecule has 186 valence electrons. The van der Waals surface area contributed by atoms with Crippen molar-refractivity contribution in [2.75, 3.05) is 7.11 Å². The number of carbonyl (C=O) groups is 2. The molecule has 0 saturated heterocycles. The molecule has 9 heteroatoms. The minimum absolute atomic E-state index is 0.0263. The number of benzene rings is 2. The summed E-state index contributed by atoms with van der Waals surface area (Å²) in [5, 5.41) is 0. The first-order valence-corrected chi connectivity index (χ1v) is 11.2. The number of aryl methyl sites for hydroxylation is 1. The highest BCUT2D eigenvalue weighted by Gasteiger charge is 2.25. The van der Waals surface area contributed by atoms with Gasteiger partial charge in [-0.2, -0.15) is 0 Å². The normalized spacial score (nSPS) is 11.9. The van der Waals surface area contributed by atoms with Gasteiger partial charge in [0.1, 0.15) is 18.1 Å². The van der Waals surface area contributed by atoms with E-state index in [1.54, 1.807) is 19.2 Å². The molecule has 0 aliphatic heterocycles. The predicted molar refractivity (Wildman–Crippen MR) is 125 cm³/mol. The summed E-state index contributed by atoms with van der Waals surface area (Å²) in [5.41, 5.74) is 1.25. The summed E-state index contributed by atoms with van der Waals surface area (Å²) >= 11 is 0. The Morgan fingerprint density at radius 1 is 0.972 bits per heavy atom. The number of Topliss-reactive ketones (excluding diaryl/α,β-unsaturated/α-hetero) is 1. The van der Waals surface area contributed by atoms with Crippen LogP contribution in [0.3, 0.4) is 0 Å². The fourth-order valence-electron chi connectivity index (χ4n) is 4.09.